The van der Waals surface area contributed by atoms with E-state index in [0.29, 0.717) is 30.8 Å². The van der Waals surface area contributed by atoms with Gasteiger partial charge in [0.05, 0.1) is 36.1 Å². The molecule has 0 spiro atoms. The minimum Gasteiger partial charge on any atom is -0.376 e. The number of benzene rings is 2. The number of halogens is 1. The van der Waals surface area contributed by atoms with Crippen LogP contribution in [0.5, 0.6) is 0 Å². The van der Waals surface area contributed by atoms with Gasteiger partial charge in [-0.1, -0.05) is 42.5 Å². The molecule has 1 aliphatic rings. The summed E-state index contributed by atoms with van der Waals surface area (Å²) < 4.78 is 20.8. The van der Waals surface area contributed by atoms with Gasteiger partial charge in [-0.3, -0.25) is 9.88 Å². The quantitative estimate of drug-likeness (QED) is 0.403. The van der Waals surface area contributed by atoms with Gasteiger partial charge in [0.15, 0.2) is 0 Å². The maximum absolute atomic E-state index is 14.6. The summed E-state index contributed by atoms with van der Waals surface area (Å²) in [5.41, 5.74) is 2.92. The summed E-state index contributed by atoms with van der Waals surface area (Å²) in [5.74, 6) is -0.303. The fourth-order valence-electron chi connectivity index (χ4n) is 4.87. The van der Waals surface area contributed by atoms with Crippen LogP contribution < -0.4 is 0 Å². The largest absolute Gasteiger partial charge is 0.376 e. The SMILES string of the molecule is CC(C)(c1ccccn1)N1CC[C@@](CCc2ccc(C#N)cc2F)(COCc2ccccc2)C1. The molecule has 5 heteroatoms. The van der Waals surface area contributed by atoms with Crippen molar-refractivity contribution in [1.82, 2.24) is 9.88 Å². The molecule has 3 aromatic rings. The molecular weight excluding hydrogens is 425 g/mol. The number of aryl methyl sites for hydroxylation is 1. The van der Waals surface area contributed by atoms with E-state index in [-0.39, 0.29) is 16.8 Å². The molecule has 2 heterocycles. The van der Waals surface area contributed by atoms with E-state index in [1.807, 2.05) is 42.6 Å². The number of pyridine rings is 1. The summed E-state index contributed by atoms with van der Waals surface area (Å²) in [5, 5.41) is 9.04. The van der Waals surface area contributed by atoms with Crippen molar-refractivity contribution in [2.45, 2.75) is 45.3 Å². The summed E-state index contributed by atoms with van der Waals surface area (Å²) in [6, 6.07) is 23.0. The van der Waals surface area contributed by atoms with Crippen LogP contribution in [0.3, 0.4) is 0 Å². The maximum atomic E-state index is 14.6. The van der Waals surface area contributed by atoms with Crippen molar-refractivity contribution in [2.24, 2.45) is 5.41 Å². The van der Waals surface area contributed by atoms with E-state index < -0.39 is 0 Å². The lowest BCUT2D eigenvalue weighted by Gasteiger charge is -2.37. The van der Waals surface area contributed by atoms with Gasteiger partial charge in [-0.2, -0.15) is 5.26 Å². The van der Waals surface area contributed by atoms with E-state index in [4.69, 9.17) is 10.00 Å². The molecular formula is C29H32FN3O. The predicted molar refractivity (Wildman–Crippen MR) is 131 cm³/mol. The zero-order valence-electron chi connectivity index (χ0n) is 20.0. The number of likely N-dealkylation sites (tertiary alicyclic amines) is 1. The van der Waals surface area contributed by atoms with Gasteiger partial charge in [0.2, 0.25) is 0 Å². The van der Waals surface area contributed by atoms with Crippen LogP contribution in [0.2, 0.25) is 0 Å². The molecule has 0 saturated carbocycles. The van der Waals surface area contributed by atoms with Gasteiger partial charge in [0.1, 0.15) is 5.82 Å². The molecule has 4 nitrogen and oxygen atoms in total. The third kappa shape index (κ3) is 5.52. The lowest BCUT2D eigenvalue weighted by Crippen LogP contribution is -2.43. The van der Waals surface area contributed by atoms with Gasteiger partial charge in [-0.15, -0.1) is 0 Å². The molecule has 2 aromatic carbocycles. The van der Waals surface area contributed by atoms with Crippen LogP contribution in [0.4, 0.5) is 4.39 Å². The second-order valence-corrected chi connectivity index (χ2v) is 9.84. The molecule has 34 heavy (non-hydrogen) atoms. The first kappa shape index (κ1) is 24.1. The molecule has 0 radical (unpaired) electrons. The van der Waals surface area contributed by atoms with Gasteiger partial charge >= 0.3 is 0 Å². The number of nitrogens with zero attached hydrogens (tertiary/aromatic N) is 3. The van der Waals surface area contributed by atoms with Crippen molar-refractivity contribution in [3.63, 3.8) is 0 Å². The summed E-state index contributed by atoms with van der Waals surface area (Å²) in [4.78, 5) is 7.10. The Balaban J connectivity index is 1.50. The smallest absolute Gasteiger partial charge is 0.127 e. The average Bonchev–Trinajstić information content (AvgIpc) is 3.30. The van der Waals surface area contributed by atoms with Crippen molar-refractivity contribution in [2.75, 3.05) is 19.7 Å². The number of ether oxygens (including phenoxy) is 1. The molecule has 4 rings (SSSR count). The molecule has 1 fully saturated rings. The highest BCUT2D eigenvalue weighted by Crippen LogP contribution is 2.41. The van der Waals surface area contributed by atoms with Crippen molar-refractivity contribution in [3.8, 4) is 6.07 Å². The second kappa shape index (κ2) is 10.5. The third-order valence-electron chi connectivity index (χ3n) is 7.15. The molecule has 0 N–H and O–H groups in total. The number of hydrogen-bond donors (Lipinski definition) is 0. The van der Waals surface area contributed by atoms with Crippen molar-refractivity contribution < 1.29 is 9.13 Å². The molecule has 1 aromatic heterocycles. The highest BCUT2D eigenvalue weighted by molar-refractivity contribution is 5.33. The third-order valence-corrected chi connectivity index (χ3v) is 7.15. The van der Waals surface area contributed by atoms with E-state index in [0.717, 1.165) is 37.2 Å². The summed E-state index contributed by atoms with van der Waals surface area (Å²) in [6.45, 7) is 7.43. The Hall–Kier alpha value is -3.07. The highest BCUT2D eigenvalue weighted by atomic mass is 19.1. The van der Waals surface area contributed by atoms with Crippen LogP contribution in [0.15, 0.2) is 72.9 Å². The Kier molecular flexibility index (Phi) is 7.41. The first-order valence-corrected chi connectivity index (χ1v) is 11.9. The first-order valence-electron chi connectivity index (χ1n) is 11.9. The summed E-state index contributed by atoms with van der Waals surface area (Å²) in [7, 11) is 0. The molecule has 1 saturated heterocycles. The van der Waals surface area contributed by atoms with Crippen LogP contribution in [-0.4, -0.2) is 29.6 Å². The minimum absolute atomic E-state index is 0.0822. The molecule has 0 aliphatic carbocycles. The van der Waals surface area contributed by atoms with Crippen LogP contribution in [-0.2, 0) is 23.3 Å². The van der Waals surface area contributed by atoms with Gasteiger partial charge in [0, 0.05) is 18.2 Å². The van der Waals surface area contributed by atoms with E-state index in [2.05, 4.69) is 41.9 Å². The molecule has 176 valence electrons. The lowest BCUT2D eigenvalue weighted by atomic mass is 9.81. The Bertz CT molecular complexity index is 1130. The second-order valence-electron chi connectivity index (χ2n) is 9.84. The first-order chi connectivity index (χ1) is 16.4. The van der Waals surface area contributed by atoms with E-state index in [1.54, 1.807) is 12.1 Å². The monoisotopic (exact) mass is 457 g/mol. The molecule has 1 aliphatic heterocycles. The van der Waals surface area contributed by atoms with Crippen LogP contribution >= 0.6 is 0 Å². The maximum Gasteiger partial charge on any atom is 0.127 e. The molecule has 1 atom stereocenters. The standard InChI is InChI=1S/C29H32FN3O/c1-28(2,27-10-6-7-16-32-27)33-17-15-29(21-33,22-34-20-23-8-4-3-5-9-23)14-13-25-12-11-24(19-31)18-26(25)30/h3-12,16,18H,13-15,17,20-22H2,1-2H3/t29-/m1/s1. The van der Waals surface area contributed by atoms with E-state index in [1.165, 1.54) is 6.07 Å². The summed E-state index contributed by atoms with van der Waals surface area (Å²) in [6.07, 6.45) is 4.26. The topological polar surface area (TPSA) is 49.2 Å². The van der Waals surface area contributed by atoms with Crippen LogP contribution in [0, 0.1) is 22.6 Å². The summed E-state index contributed by atoms with van der Waals surface area (Å²) >= 11 is 0. The highest BCUT2D eigenvalue weighted by Gasteiger charge is 2.44. The van der Waals surface area contributed by atoms with E-state index >= 15 is 0 Å². The molecule has 0 amide bonds. The fourth-order valence-corrected chi connectivity index (χ4v) is 4.87. The van der Waals surface area contributed by atoms with Crippen LogP contribution in [0.25, 0.3) is 0 Å². The van der Waals surface area contributed by atoms with Gasteiger partial charge in [-0.05, 0) is 75.0 Å². The average molecular weight is 458 g/mol. The van der Waals surface area contributed by atoms with Gasteiger partial charge in [-0.25, -0.2) is 4.39 Å². The zero-order chi connectivity index (χ0) is 24.0. The minimum atomic E-state index is -0.303. The predicted octanol–water partition coefficient (Wildman–Crippen LogP) is 5.87. The van der Waals surface area contributed by atoms with E-state index in [9.17, 15) is 4.39 Å². The van der Waals surface area contributed by atoms with Crippen molar-refractivity contribution in [3.05, 3.63) is 101 Å². The van der Waals surface area contributed by atoms with Gasteiger partial charge in [0.25, 0.3) is 0 Å². The van der Waals surface area contributed by atoms with Crippen molar-refractivity contribution in [1.29, 1.82) is 5.26 Å². The zero-order valence-corrected chi connectivity index (χ0v) is 20.0. The normalized spacial score (nSPS) is 18.6. The fraction of sp³-hybridized carbons (Fsp3) is 0.379. The number of nitriles is 1. The number of hydrogen-bond acceptors (Lipinski definition) is 4. The molecule has 0 bridgehead atoms. The number of rotatable bonds is 9. The van der Waals surface area contributed by atoms with Crippen LogP contribution in [0.1, 0.15) is 49.1 Å². The molecule has 0 unspecified atom stereocenters. The van der Waals surface area contributed by atoms with Gasteiger partial charge < -0.3 is 4.74 Å². The Morgan fingerprint density at radius 1 is 1.12 bits per heavy atom. The Labute approximate surface area is 202 Å². The lowest BCUT2D eigenvalue weighted by molar-refractivity contribution is 0.0235. The Morgan fingerprint density at radius 2 is 1.91 bits per heavy atom. The van der Waals surface area contributed by atoms with Crippen molar-refractivity contribution >= 4 is 0 Å². The number of aromatic nitrogens is 1. The Morgan fingerprint density at radius 3 is 2.62 bits per heavy atom.